The van der Waals surface area contributed by atoms with Gasteiger partial charge in [0.1, 0.15) is 5.82 Å². The highest BCUT2D eigenvalue weighted by Gasteiger charge is 2.28. The molecule has 1 fully saturated rings. The fourth-order valence-electron chi connectivity index (χ4n) is 5.31. The van der Waals surface area contributed by atoms with Crippen LogP contribution in [0.3, 0.4) is 0 Å². The van der Waals surface area contributed by atoms with E-state index in [0.717, 1.165) is 34.9 Å². The van der Waals surface area contributed by atoms with E-state index in [0.29, 0.717) is 30.5 Å². The van der Waals surface area contributed by atoms with Crippen LogP contribution in [-0.4, -0.2) is 46.2 Å². The Morgan fingerprint density at radius 3 is 2.61 bits per heavy atom. The summed E-state index contributed by atoms with van der Waals surface area (Å²) < 4.78 is 13.8. The molecule has 1 N–H and O–H groups in total. The number of likely N-dealkylation sites (tertiary alicyclic amines) is 1. The van der Waals surface area contributed by atoms with E-state index in [9.17, 15) is 14.0 Å². The second kappa shape index (κ2) is 11.7. The van der Waals surface area contributed by atoms with Gasteiger partial charge in [0, 0.05) is 35.8 Å². The normalized spacial score (nSPS) is 19.2. The standard InChI is InChI=1S/C30H36FN3O2/c1-20-6-4-7-21(2)34(20)19-30(36)33-28(18-24-8-5-9-26(31)17-24)29(35)13-11-23-10-12-27-22(3)32-15-14-25(27)16-23/h5,8-10,12,14-17,20-21,28H,4,6-7,11,13,18-19H2,1-3H3,(H,33,36)/t20?,21?,28-/m0/s1. The lowest BCUT2D eigenvalue weighted by molar-refractivity contribution is -0.129. The quantitative estimate of drug-likeness (QED) is 0.450. The van der Waals surface area contributed by atoms with Crippen molar-refractivity contribution in [3.05, 3.63) is 77.4 Å². The van der Waals surface area contributed by atoms with Gasteiger partial charge in [-0.3, -0.25) is 19.5 Å². The van der Waals surface area contributed by atoms with Crippen molar-refractivity contribution in [1.29, 1.82) is 0 Å². The topological polar surface area (TPSA) is 62.3 Å². The van der Waals surface area contributed by atoms with Gasteiger partial charge in [0.25, 0.3) is 0 Å². The first kappa shape index (κ1) is 26.0. The van der Waals surface area contributed by atoms with Crippen LogP contribution in [0.4, 0.5) is 4.39 Å². The van der Waals surface area contributed by atoms with E-state index in [-0.39, 0.29) is 30.5 Å². The highest BCUT2D eigenvalue weighted by atomic mass is 19.1. The van der Waals surface area contributed by atoms with E-state index in [1.165, 1.54) is 18.6 Å². The largest absolute Gasteiger partial charge is 0.345 e. The Balaban J connectivity index is 1.45. The number of amides is 1. The van der Waals surface area contributed by atoms with Crippen LogP contribution in [0, 0.1) is 12.7 Å². The minimum atomic E-state index is -0.693. The van der Waals surface area contributed by atoms with Gasteiger partial charge in [-0.05, 0) is 81.2 Å². The van der Waals surface area contributed by atoms with E-state index in [1.54, 1.807) is 18.3 Å². The third kappa shape index (κ3) is 6.55. The molecule has 1 aliphatic heterocycles. The zero-order chi connectivity index (χ0) is 25.7. The molecule has 0 aliphatic carbocycles. The number of hydrogen-bond acceptors (Lipinski definition) is 4. The number of carbonyl (C=O) groups excluding carboxylic acids is 2. The predicted molar refractivity (Wildman–Crippen MR) is 141 cm³/mol. The first-order valence-corrected chi connectivity index (χ1v) is 13.0. The molecule has 0 bridgehead atoms. The number of nitrogens with zero attached hydrogens (tertiary/aromatic N) is 2. The van der Waals surface area contributed by atoms with Gasteiger partial charge in [-0.25, -0.2) is 4.39 Å². The number of aryl methyl sites for hydroxylation is 2. The molecule has 5 nitrogen and oxygen atoms in total. The lowest BCUT2D eigenvalue weighted by Gasteiger charge is -2.38. The lowest BCUT2D eigenvalue weighted by atomic mass is 9.96. The van der Waals surface area contributed by atoms with Crippen LogP contribution >= 0.6 is 0 Å². The summed E-state index contributed by atoms with van der Waals surface area (Å²) in [7, 11) is 0. The maximum atomic E-state index is 13.8. The van der Waals surface area contributed by atoms with Crippen molar-refractivity contribution in [2.45, 2.75) is 77.4 Å². The number of hydrogen-bond donors (Lipinski definition) is 1. The van der Waals surface area contributed by atoms with Gasteiger partial charge in [0.15, 0.2) is 5.78 Å². The Morgan fingerprint density at radius 2 is 1.86 bits per heavy atom. The average Bonchev–Trinajstić information content (AvgIpc) is 2.84. The summed E-state index contributed by atoms with van der Waals surface area (Å²) in [6, 6.07) is 14.4. The third-order valence-corrected chi connectivity index (χ3v) is 7.44. The van der Waals surface area contributed by atoms with Crippen molar-refractivity contribution >= 4 is 22.5 Å². The van der Waals surface area contributed by atoms with E-state index in [1.807, 2.05) is 25.1 Å². The van der Waals surface area contributed by atoms with Gasteiger partial charge in [-0.2, -0.15) is 0 Å². The van der Waals surface area contributed by atoms with E-state index >= 15 is 0 Å². The van der Waals surface area contributed by atoms with Crippen molar-refractivity contribution in [1.82, 2.24) is 15.2 Å². The zero-order valence-electron chi connectivity index (χ0n) is 21.5. The Labute approximate surface area is 213 Å². The maximum Gasteiger partial charge on any atom is 0.234 e. The van der Waals surface area contributed by atoms with Crippen molar-refractivity contribution in [3.63, 3.8) is 0 Å². The second-order valence-electron chi connectivity index (χ2n) is 10.2. The van der Waals surface area contributed by atoms with Crippen molar-refractivity contribution in [3.8, 4) is 0 Å². The number of aromatic nitrogens is 1. The Bertz CT molecular complexity index is 1220. The highest BCUT2D eigenvalue weighted by molar-refractivity contribution is 5.90. The van der Waals surface area contributed by atoms with E-state index < -0.39 is 6.04 Å². The van der Waals surface area contributed by atoms with Gasteiger partial charge in [-0.15, -0.1) is 0 Å². The number of carbonyl (C=O) groups is 2. The average molecular weight is 490 g/mol. The summed E-state index contributed by atoms with van der Waals surface area (Å²) in [5, 5.41) is 5.19. The Kier molecular flexibility index (Phi) is 8.47. The first-order valence-electron chi connectivity index (χ1n) is 13.0. The Morgan fingerprint density at radius 1 is 1.08 bits per heavy atom. The molecule has 0 radical (unpaired) electrons. The molecule has 36 heavy (non-hydrogen) atoms. The molecule has 1 aliphatic rings. The number of piperidine rings is 1. The van der Waals surface area contributed by atoms with E-state index in [2.05, 4.69) is 35.1 Å². The molecule has 1 aromatic heterocycles. The smallest absolute Gasteiger partial charge is 0.234 e. The Hall–Kier alpha value is -3.12. The zero-order valence-corrected chi connectivity index (χ0v) is 21.5. The van der Waals surface area contributed by atoms with Gasteiger partial charge in [-0.1, -0.05) is 36.8 Å². The SMILES string of the molecule is Cc1nccc2cc(CCC(=O)[C@H](Cc3cccc(F)c3)NC(=O)CN3C(C)CCCC3C)ccc12. The van der Waals surface area contributed by atoms with Crippen molar-refractivity contribution in [2.75, 3.05) is 6.54 Å². The summed E-state index contributed by atoms with van der Waals surface area (Å²) in [6.45, 7) is 6.56. The second-order valence-corrected chi connectivity index (χ2v) is 10.2. The number of ketones is 1. The van der Waals surface area contributed by atoms with Crippen molar-refractivity contribution in [2.24, 2.45) is 0 Å². The molecule has 4 rings (SSSR count). The van der Waals surface area contributed by atoms with Crippen molar-refractivity contribution < 1.29 is 14.0 Å². The predicted octanol–water partition coefficient (Wildman–Crippen LogP) is 5.17. The summed E-state index contributed by atoms with van der Waals surface area (Å²) >= 11 is 0. The number of benzene rings is 2. The fraction of sp³-hybridized carbons (Fsp3) is 0.433. The van der Waals surface area contributed by atoms with Crippen LogP contribution in [0.1, 0.15) is 56.4 Å². The number of pyridine rings is 1. The molecule has 1 amide bonds. The number of nitrogens with one attached hydrogen (secondary N) is 1. The van der Waals surface area contributed by atoms with Crippen LogP contribution in [0.5, 0.6) is 0 Å². The monoisotopic (exact) mass is 489 g/mol. The molecule has 3 aromatic rings. The van der Waals surface area contributed by atoms with Crippen LogP contribution in [0.15, 0.2) is 54.7 Å². The molecule has 2 aromatic carbocycles. The number of halogens is 1. The highest BCUT2D eigenvalue weighted by Crippen LogP contribution is 2.22. The summed E-state index contributed by atoms with van der Waals surface area (Å²) in [6.07, 6.45) is 6.26. The molecule has 0 spiro atoms. The van der Waals surface area contributed by atoms with Crippen LogP contribution in [0.25, 0.3) is 10.8 Å². The van der Waals surface area contributed by atoms with Crippen LogP contribution in [-0.2, 0) is 22.4 Å². The van der Waals surface area contributed by atoms with Crippen LogP contribution < -0.4 is 5.32 Å². The molecule has 3 atom stereocenters. The third-order valence-electron chi connectivity index (χ3n) is 7.44. The molecule has 6 heteroatoms. The van der Waals surface area contributed by atoms with Gasteiger partial charge in [0.2, 0.25) is 5.91 Å². The number of rotatable bonds is 9. The summed E-state index contributed by atoms with van der Waals surface area (Å²) in [5.41, 5.74) is 2.74. The van der Waals surface area contributed by atoms with Gasteiger partial charge < -0.3 is 5.32 Å². The minimum Gasteiger partial charge on any atom is -0.345 e. The molecule has 2 unspecified atom stereocenters. The molecule has 190 valence electrons. The lowest BCUT2D eigenvalue weighted by Crippen LogP contribution is -2.51. The molecular formula is C30H36FN3O2. The summed E-state index contributed by atoms with van der Waals surface area (Å²) in [4.78, 5) is 32.9. The molecule has 0 saturated carbocycles. The molecule has 1 saturated heterocycles. The van der Waals surface area contributed by atoms with Gasteiger partial charge in [0.05, 0.1) is 12.6 Å². The maximum absolute atomic E-state index is 13.8. The minimum absolute atomic E-state index is 0.0432. The number of fused-ring (bicyclic) bond motifs is 1. The van der Waals surface area contributed by atoms with Crippen LogP contribution in [0.2, 0.25) is 0 Å². The molecule has 2 heterocycles. The number of Topliss-reactive ketones (excluding diaryl/α,β-unsaturated/α-hetero) is 1. The molecular weight excluding hydrogens is 453 g/mol. The van der Waals surface area contributed by atoms with E-state index in [4.69, 9.17) is 0 Å². The fourth-order valence-corrected chi connectivity index (χ4v) is 5.31. The van der Waals surface area contributed by atoms with Gasteiger partial charge >= 0.3 is 0 Å². The first-order chi connectivity index (χ1) is 17.3. The summed E-state index contributed by atoms with van der Waals surface area (Å²) in [5.74, 6) is -0.542.